The van der Waals surface area contributed by atoms with Crippen LogP contribution in [0.15, 0.2) is 18.2 Å². The molecule has 100 valence electrons. The Morgan fingerprint density at radius 2 is 2.22 bits per heavy atom. The van der Waals surface area contributed by atoms with Crippen LogP contribution in [0.25, 0.3) is 0 Å². The van der Waals surface area contributed by atoms with Crippen molar-refractivity contribution in [2.75, 3.05) is 25.1 Å². The Morgan fingerprint density at radius 3 is 2.89 bits per heavy atom. The fourth-order valence-corrected chi connectivity index (χ4v) is 2.55. The summed E-state index contributed by atoms with van der Waals surface area (Å²) < 4.78 is 5.65. The molecule has 1 aliphatic heterocycles. The van der Waals surface area contributed by atoms with E-state index in [1.165, 1.54) is 5.69 Å². The van der Waals surface area contributed by atoms with Crippen molar-refractivity contribution in [3.63, 3.8) is 0 Å². The van der Waals surface area contributed by atoms with Crippen molar-refractivity contribution in [1.29, 1.82) is 0 Å². The number of rotatable bonds is 3. The maximum atomic E-state index is 6.31. The molecule has 0 aliphatic carbocycles. The molecule has 2 atom stereocenters. The number of halogens is 1. The fourth-order valence-electron chi connectivity index (χ4n) is 2.31. The molecule has 0 spiro atoms. The molecular formula is C14H21ClN2O. The van der Waals surface area contributed by atoms with Crippen LogP contribution in [-0.4, -0.2) is 32.3 Å². The third-order valence-corrected chi connectivity index (χ3v) is 3.70. The van der Waals surface area contributed by atoms with E-state index in [0.717, 1.165) is 30.3 Å². The van der Waals surface area contributed by atoms with Gasteiger partial charge in [-0.2, -0.15) is 0 Å². The van der Waals surface area contributed by atoms with Crippen molar-refractivity contribution in [1.82, 2.24) is 5.32 Å². The van der Waals surface area contributed by atoms with Gasteiger partial charge in [-0.15, -0.1) is 0 Å². The summed E-state index contributed by atoms with van der Waals surface area (Å²) in [5.41, 5.74) is 2.32. The molecule has 3 nitrogen and oxygen atoms in total. The molecule has 0 saturated carbocycles. The van der Waals surface area contributed by atoms with Crippen molar-refractivity contribution in [2.45, 2.75) is 32.5 Å². The van der Waals surface area contributed by atoms with E-state index in [9.17, 15) is 0 Å². The number of nitrogens with one attached hydrogen (secondary N) is 1. The van der Waals surface area contributed by atoms with Gasteiger partial charge in [-0.1, -0.05) is 17.7 Å². The van der Waals surface area contributed by atoms with E-state index in [4.69, 9.17) is 16.3 Å². The molecule has 1 heterocycles. The summed E-state index contributed by atoms with van der Waals surface area (Å²) in [4.78, 5) is 2.36. The molecule has 1 aliphatic rings. The highest BCUT2D eigenvalue weighted by Gasteiger charge is 2.23. The molecule has 1 aromatic rings. The first-order chi connectivity index (χ1) is 8.61. The highest BCUT2D eigenvalue weighted by molar-refractivity contribution is 6.31. The third kappa shape index (κ3) is 2.97. The van der Waals surface area contributed by atoms with E-state index in [-0.39, 0.29) is 6.10 Å². The number of hydrogen-bond donors (Lipinski definition) is 1. The summed E-state index contributed by atoms with van der Waals surface area (Å²) in [6, 6.07) is 6.70. The highest BCUT2D eigenvalue weighted by atomic mass is 35.5. The quantitative estimate of drug-likeness (QED) is 0.912. The normalized spacial score (nSPS) is 24.3. The van der Waals surface area contributed by atoms with E-state index in [0.29, 0.717) is 6.04 Å². The molecule has 1 N–H and O–H groups in total. The van der Waals surface area contributed by atoms with Gasteiger partial charge in [-0.25, -0.2) is 0 Å². The van der Waals surface area contributed by atoms with Crippen molar-refractivity contribution in [3.8, 4) is 0 Å². The lowest BCUT2D eigenvalue weighted by atomic mass is 10.1. The zero-order chi connectivity index (χ0) is 13.1. The first kappa shape index (κ1) is 13.7. The van der Waals surface area contributed by atoms with Crippen LogP contribution in [-0.2, 0) is 11.3 Å². The van der Waals surface area contributed by atoms with Crippen LogP contribution in [0.4, 0.5) is 5.69 Å². The molecule has 0 bridgehead atoms. The van der Waals surface area contributed by atoms with Gasteiger partial charge in [-0.3, -0.25) is 0 Å². The predicted molar refractivity (Wildman–Crippen MR) is 76.4 cm³/mol. The minimum absolute atomic E-state index is 0.275. The Morgan fingerprint density at radius 1 is 1.44 bits per heavy atom. The van der Waals surface area contributed by atoms with Crippen LogP contribution in [0.1, 0.15) is 19.4 Å². The molecule has 1 aromatic carbocycles. The Bertz CT molecular complexity index is 411. The maximum absolute atomic E-state index is 6.31. The zero-order valence-electron chi connectivity index (χ0n) is 11.2. The minimum atomic E-state index is 0.275. The van der Waals surface area contributed by atoms with Crippen LogP contribution in [0.2, 0.25) is 5.02 Å². The van der Waals surface area contributed by atoms with E-state index in [1.807, 2.05) is 7.05 Å². The number of hydrogen-bond acceptors (Lipinski definition) is 3. The standard InChI is InChI=1S/C14H21ClN2O/c1-10-9-18-11(2)8-17(10)13-5-4-12(7-16-3)14(15)6-13/h4-6,10-11,16H,7-9H2,1-3H3. The third-order valence-electron chi connectivity index (χ3n) is 3.34. The Labute approximate surface area is 114 Å². The maximum Gasteiger partial charge on any atom is 0.0723 e. The van der Waals surface area contributed by atoms with E-state index in [1.54, 1.807) is 0 Å². The summed E-state index contributed by atoms with van der Waals surface area (Å²) in [6.07, 6.45) is 0.275. The lowest BCUT2D eigenvalue weighted by Gasteiger charge is -2.38. The highest BCUT2D eigenvalue weighted by Crippen LogP contribution is 2.27. The molecular weight excluding hydrogens is 248 g/mol. The summed E-state index contributed by atoms with van der Waals surface area (Å²) in [5.74, 6) is 0. The molecule has 0 radical (unpaired) electrons. The lowest BCUT2D eigenvalue weighted by molar-refractivity contribution is 0.0344. The zero-order valence-corrected chi connectivity index (χ0v) is 12.0. The second kappa shape index (κ2) is 5.91. The monoisotopic (exact) mass is 268 g/mol. The lowest BCUT2D eigenvalue weighted by Crippen LogP contribution is -2.47. The van der Waals surface area contributed by atoms with Gasteiger partial charge >= 0.3 is 0 Å². The second-order valence-electron chi connectivity index (χ2n) is 4.95. The largest absolute Gasteiger partial charge is 0.375 e. The van der Waals surface area contributed by atoms with Gasteiger partial charge < -0.3 is 15.0 Å². The molecule has 1 fully saturated rings. The van der Waals surface area contributed by atoms with Crippen LogP contribution >= 0.6 is 11.6 Å². The van der Waals surface area contributed by atoms with Crippen molar-refractivity contribution in [2.24, 2.45) is 0 Å². The summed E-state index contributed by atoms with van der Waals surface area (Å²) in [7, 11) is 1.93. The topological polar surface area (TPSA) is 24.5 Å². The smallest absolute Gasteiger partial charge is 0.0723 e. The summed E-state index contributed by atoms with van der Waals surface area (Å²) in [6.45, 7) is 6.78. The first-order valence-electron chi connectivity index (χ1n) is 6.43. The number of anilines is 1. The average Bonchev–Trinajstić information content (AvgIpc) is 2.35. The SMILES string of the molecule is CNCc1ccc(N2CC(C)OCC2C)cc1Cl. The Hall–Kier alpha value is -0.770. The fraction of sp³-hybridized carbons (Fsp3) is 0.571. The summed E-state index contributed by atoms with van der Waals surface area (Å²) >= 11 is 6.31. The van der Waals surface area contributed by atoms with Gasteiger partial charge in [0.15, 0.2) is 0 Å². The van der Waals surface area contributed by atoms with Crippen LogP contribution in [0.3, 0.4) is 0 Å². The van der Waals surface area contributed by atoms with E-state index >= 15 is 0 Å². The predicted octanol–water partition coefficient (Wildman–Crippen LogP) is 2.67. The van der Waals surface area contributed by atoms with Gasteiger partial charge in [0.25, 0.3) is 0 Å². The molecule has 18 heavy (non-hydrogen) atoms. The number of nitrogens with zero attached hydrogens (tertiary/aromatic N) is 1. The van der Waals surface area contributed by atoms with E-state index < -0.39 is 0 Å². The van der Waals surface area contributed by atoms with Gasteiger partial charge in [0.1, 0.15) is 0 Å². The van der Waals surface area contributed by atoms with Crippen LogP contribution < -0.4 is 10.2 Å². The van der Waals surface area contributed by atoms with Gasteiger partial charge in [-0.05, 0) is 38.6 Å². The molecule has 1 saturated heterocycles. The first-order valence-corrected chi connectivity index (χ1v) is 6.81. The van der Waals surface area contributed by atoms with Crippen molar-refractivity contribution >= 4 is 17.3 Å². The van der Waals surface area contributed by atoms with Gasteiger partial charge in [0, 0.05) is 29.8 Å². The minimum Gasteiger partial charge on any atom is -0.375 e. The Balaban J connectivity index is 2.19. The molecule has 2 rings (SSSR count). The number of morpholine rings is 1. The summed E-state index contributed by atoms with van der Waals surface area (Å²) in [5, 5.41) is 3.95. The second-order valence-corrected chi connectivity index (χ2v) is 5.36. The Kier molecular flexibility index (Phi) is 4.49. The molecule has 0 aromatic heterocycles. The van der Waals surface area contributed by atoms with Crippen LogP contribution in [0, 0.1) is 0 Å². The number of benzene rings is 1. The van der Waals surface area contributed by atoms with Crippen molar-refractivity contribution < 1.29 is 4.74 Å². The van der Waals surface area contributed by atoms with E-state index in [2.05, 4.69) is 42.3 Å². The van der Waals surface area contributed by atoms with Gasteiger partial charge in [0.05, 0.1) is 12.7 Å². The van der Waals surface area contributed by atoms with Gasteiger partial charge in [0.2, 0.25) is 0 Å². The number of ether oxygens (including phenoxy) is 1. The average molecular weight is 269 g/mol. The van der Waals surface area contributed by atoms with Crippen molar-refractivity contribution in [3.05, 3.63) is 28.8 Å². The molecule has 2 unspecified atom stereocenters. The molecule has 0 amide bonds. The molecule has 4 heteroatoms. The van der Waals surface area contributed by atoms with Crippen LogP contribution in [0.5, 0.6) is 0 Å².